The fraction of sp³-hybridized carbons (Fsp3) is 0.619. The highest BCUT2D eigenvalue weighted by Crippen LogP contribution is 2.44. The lowest BCUT2D eigenvalue weighted by atomic mass is 9.89. The van der Waals surface area contributed by atoms with E-state index in [2.05, 4.69) is 6.92 Å². The van der Waals surface area contributed by atoms with E-state index in [4.69, 9.17) is 21.1 Å². The molecule has 9 nitrogen and oxygen atoms in total. The van der Waals surface area contributed by atoms with E-state index in [1.165, 1.54) is 17.7 Å². The molecule has 0 bridgehead atoms. The zero-order valence-electron chi connectivity index (χ0n) is 18.1. The topological polar surface area (TPSA) is 118 Å². The first-order chi connectivity index (χ1) is 14.8. The minimum Gasteiger partial charge on any atom is -0.492 e. The van der Waals surface area contributed by atoms with Gasteiger partial charge < -0.3 is 25.9 Å². The van der Waals surface area contributed by atoms with Crippen molar-refractivity contribution in [1.82, 2.24) is 9.24 Å². The Morgan fingerprint density at radius 2 is 1.97 bits per heavy atom. The Morgan fingerprint density at radius 1 is 1.26 bits per heavy atom. The van der Waals surface area contributed by atoms with Crippen LogP contribution < -0.4 is 32.5 Å². The van der Waals surface area contributed by atoms with Crippen LogP contribution in [-0.4, -0.2) is 49.2 Å². The van der Waals surface area contributed by atoms with E-state index in [-0.39, 0.29) is 40.7 Å². The van der Waals surface area contributed by atoms with Gasteiger partial charge in [0.1, 0.15) is 11.2 Å². The lowest BCUT2D eigenvalue weighted by Gasteiger charge is -2.25. The smallest absolute Gasteiger partial charge is 0.350 e. The van der Waals surface area contributed by atoms with Crippen molar-refractivity contribution in [3.05, 3.63) is 32.7 Å². The van der Waals surface area contributed by atoms with Gasteiger partial charge in [0.15, 0.2) is 11.6 Å². The maximum atomic E-state index is 15.4. The molecule has 2 aromatic rings. The molecule has 10 heteroatoms. The van der Waals surface area contributed by atoms with E-state index >= 15 is 4.39 Å². The van der Waals surface area contributed by atoms with Gasteiger partial charge in [-0.1, -0.05) is 6.92 Å². The van der Waals surface area contributed by atoms with Crippen molar-refractivity contribution in [3.8, 4) is 5.75 Å². The fourth-order valence-corrected chi connectivity index (χ4v) is 4.80. The Hall–Kier alpha value is -2.59. The molecule has 1 aromatic carbocycles. The van der Waals surface area contributed by atoms with E-state index in [9.17, 15) is 9.59 Å². The van der Waals surface area contributed by atoms with Crippen LogP contribution in [0.2, 0.25) is 0 Å². The van der Waals surface area contributed by atoms with Crippen LogP contribution in [-0.2, 0) is 4.74 Å². The van der Waals surface area contributed by atoms with Crippen molar-refractivity contribution in [2.45, 2.75) is 38.3 Å². The largest absolute Gasteiger partial charge is 0.492 e. The maximum absolute atomic E-state index is 15.4. The van der Waals surface area contributed by atoms with Gasteiger partial charge in [0.25, 0.3) is 5.56 Å². The maximum Gasteiger partial charge on any atom is 0.350 e. The van der Waals surface area contributed by atoms with Crippen molar-refractivity contribution in [1.29, 1.82) is 0 Å². The average molecular weight is 436 g/mol. The average Bonchev–Trinajstić information content (AvgIpc) is 3.51. The number of hydrogen-bond donors (Lipinski definition) is 2. The number of ether oxygens (including phenoxy) is 2. The van der Waals surface area contributed by atoms with Gasteiger partial charge in [0.2, 0.25) is 0 Å². The second-order valence-electron chi connectivity index (χ2n) is 8.69. The van der Waals surface area contributed by atoms with Gasteiger partial charge in [-0.15, -0.1) is 0 Å². The first-order valence-electron chi connectivity index (χ1n) is 10.6. The van der Waals surface area contributed by atoms with Crippen LogP contribution in [0.1, 0.15) is 32.2 Å². The van der Waals surface area contributed by atoms with Gasteiger partial charge in [-0.3, -0.25) is 9.36 Å². The number of nitrogens with two attached hydrogens (primary N) is 2. The summed E-state index contributed by atoms with van der Waals surface area (Å²) in [6.45, 7) is 3.80. The normalized spacial score (nSPS) is 22.3. The molecule has 1 aromatic heterocycles. The second kappa shape index (κ2) is 8.16. The SMILES string of the molecule is COCC[C@H](N)[C@H]1CN(c2c(F)cc3c(=O)n(N)c(=O)n(C4CC4)c3c2OC)C[C@H]1C. The number of nitrogens with zero attached hydrogens (tertiary/aromatic N) is 3. The predicted octanol–water partition coefficient (Wildman–Crippen LogP) is 0.796. The summed E-state index contributed by atoms with van der Waals surface area (Å²) in [5.74, 6) is 5.69. The number of hydrogen-bond acceptors (Lipinski definition) is 7. The minimum atomic E-state index is -0.741. The zero-order valence-corrected chi connectivity index (χ0v) is 18.1. The van der Waals surface area contributed by atoms with Crippen molar-refractivity contribution in [3.63, 3.8) is 0 Å². The van der Waals surface area contributed by atoms with E-state index in [0.717, 1.165) is 12.8 Å². The van der Waals surface area contributed by atoms with Crippen molar-refractivity contribution < 1.29 is 13.9 Å². The lowest BCUT2D eigenvalue weighted by Crippen LogP contribution is -2.44. The quantitative estimate of drug-likeness (QED) is 0.618. The third kappa shape index (κ3) is 3.57. The molecule has 31 heavy (non-hydrogen) atoms. The minimum absolute atomic E-state index is 0.0349. The third-order valence-corrected chi connectivity index (χ3v) is 6.59. The van der Waals surface area contributed by atoms with E-state index in [1.807, 2.05) is 4.90 Å². The van der Waals surface area contributed by atoms with Crippen molar-refractivity contribution in [2.75, 3.05) is 44.7 Å². The van der Waals surface area contributed by atoms with Crippen LogP contribution in [0.5, 0.6) is 5.75 Å². The van der Waals surface area contributed by atoms with Crippen LogP contribution in [0.25, 0.3) is 10.9 Å². The van der Waals surface area contributed by atoms with E-state index in [1.54, 1.807) is 7.11 Å². The number of fused-ring (bicyclic) bond motifs is 1. The van der Waals surface area contributed by atoms with Gasteiger partial charge in [-0.2, -0.15) is 4.68 Å². The monoisotopic (exact) mass is 435 g/mol. The third-order valence-electron chi connectivity index (χ3n) is 6.59. The molecule has 4 rings (SSSR count). The van der Waals surface area contributed by atoms with Gasteiger partial charge in [-0.25, -0.2) is 9.18 Å². The summed E-state index contributed by atoms with van der Waals surface area (Å²) in [4.78, 5) is 27.3. The summed E-state index contributed by atoms with van der Waals surface area (Å²) >= 11 is 0. The molecule has 1 saturated heterocycles. The molecular weight excluding hydrogens is 405 g/mol. The summed E-state index contributed by atoms with van der Waals surface area (Å²) in [5.41, 5.74) is 5.59. The molecular formula is C21H30FN5O4. The molecule has 4 N–H and O–H groups in total. The Bertz CT molecular complexity index is 1110. The molecule has 0 unspecified atom stereocenters. The van der Waals surface area contributed by atoms with Crippen molar-refractivity contribution in [2.24, 2.45) is 17.6 Å². The molecule has 1 saturated carbocycles. The summed E-state index contributed by atoms with van der Waals surface area (Å²) in [6, 6.07) is 1.01. The molecule has 0 spiro atoms. The molecule has 2 heterocycles. The zero-order chi connectivity index (χ0) is 22.4. The number of nitrogen functional groups attached to an aromatic ring is 1. The number of benzene rings is 1. The van der Waals surface area contributed by atoms with Crippen molar-refractivity contribution >= 4 is 16.6 Å². The Labute approximate surface area is 179 Å². The number of rotatable bonds is 7. The number of aromatic nitrogens is 2. The Kier molecular flexibility index (Phi) is 5.69. The van der Waals surface area contributed by atoms with Crippen LogP contribution in [0.4, 0.5) is 10.1 Å². The summed E-state index contributed by atoms with van der Waals surface area (Å²) < 4.78 is 28.2. The predicted molar refractivity (Wildman–Crippen MR) is 117 cm³/mol. The Balaban J connectivity index is 1.85. The molecule has 0 radical (unpaired) electrons. The molecule has 3 atom stereocenters. The second-order valence-corrected chi connectivity index (χ2v) is 8.69. The molecule has 2 aliphatic rings. The van der Waals surface area contributed by atoms with Gasteiger partial charge in [0, 0.05) is 38.9 Å². The molecule has 2 fully saturated rings. The van der Waals surface area contributed by atoms with Gasteiger partial charge >= 0.3 is 5.69 Å². The number of anilines is 1. The standard InChI is InChI=1S/C21H30FN5O4/c1-11-9-25(10-14(11)16(23)6-7-30-2)18-15(22)8-13-17(19(18)31-3)26(12-4-5-12)21(29)27(24)20(13)28/h8,11-12,14,16H,4-7,9-10,23-24H2,1-3H3/t11-,14+,16+/m1/s1. The first-order valence-corrected chi connectivity index (χ1v) is 10.6. The first kappa shape index (κ1) is 21.6. The molecule has 1 aliphatic carbocycles. The van der Waals surface area contributed by atoms with Crippen LogP contribution in [0, 0.1) is 17.7 Å². The van der Waals surface area contributed by atoms with Gasteiger partial charge in [0.05, 0.1) is 12.5 Å². The van der Waals surface area contributed by atoms with Crippen LogP contribution in [0.15, 0.2) is 15.7 Å². The van der Waals surface area contributed by atoms with E-state index < -0.39 is 17.1 Å². The molecule has 0 amide bonds. The van der Waals surface area contributed by atoms with Crippen LogP contribution in [0.3, 0.4) is 0 Å². The lowest BCUT2D eigenvalue weighted by molar-refractivity contribution is 0.176. The molecule has 170 valence electrons. The fourth-order valence-electron chi connectivity index (χ4n) is 4.80. The Morgan fingerprint density at radius 3 is 2.58 bits per heavy atom. The van der Waals surface area contributed by atoms with Gasteiger partial charge in [-0.05, 0) is 37.2 Å². The highest BCUT2D eigenvalue weighted by atomic mass is 19.1. The highest BCUT2D eigenvalue weighted by Gasteiger charge is 2.38. The number of methoxy groups -OCH3 is 2. The summed E-state index contributed by atoms with van der Waals surface area (Å²) in [5, 5.41) is 0.0349. The molecule has 1 aliphatic heterocycles. The summed E-state index contributed by atoms with van der Waals surface area (Å²) in [6.07, 6.45) is 2.30. The summed E-state index contributed by atoms with van der Waals surface area (Å²) in [7, 11) is 3.07. The highest BCUT2D eigenvalue weighted by molar-refractivity contribution is 5.91. The van der Waals surface area contributed by atoms with Crippen LogP contribution >= 0.6 is 0 Å². The van der Waals surface area contributed by atoms with E-state index in [0.29, 0.717) is 36.3 Å². The number of halogens is 1.